The van der Waals surface area contributed by atoms with Crippen molar-refractivity contribution in [2.45, 2.75) is 6.92 Å². The molecule has 3 rings (SSSR count). The molecule has 0 saturated carbocycles. The molecule has 0 spiro atoms. The number of halogens is 1. The van der Waals surface area contributed by atoms with E-state index in [4.69, 9.17) is 11.6 Å². The van der Waals surface area contributed by atoms with E-state index in [9.17, 15) is 4.79 Å². The lowest BCUT2D eigenvalue weighted by atomic mass is 10.2. The minimum atomic E-state index is -0.0890. The maximum atomic E-state index is 11.0. The molecule has 1 heterocycles. The summed E-state index contributed by atoms with van der Waals surface area (Å²) in [7, 11) is 0. The third kappa shape index (κ3) is 4.28. The summed E-state index contributed by atoms with van der Waals surface area (Å²) in [6, 6.07) is 15.0. The zero-order valence-electron chi connectivity index (χ0n) is 12.9. The molecule has 1 amide bonds. The first-order chi connectivity index (χ1) is 11.6. The Hall–Kier alpha value is -2.50. The number of carbonyl (C=O) groups is 1. The van der Waals surface area contributed by atoms with Crippen molar-refractivity contribution in [2.24, 2.45) is 4.99 Å². The van der Waals surface area contributed by atoms with Crippen LogP contribution >= 0.6 is 22.9 Å². The van der Waals surface area contributed by atoms with Gasteiger partial charge in [-0.15, -0.1) is 11.3 Å². The summed E-state index contributed by atoms with van der Waals surface area (Å²) in [5, 5.41) is 6.09. The number of hydrogen-bond donors (Lipinski definition) is 1. The number of hydrogen-bond acceptors (Lipinski definition) is 4. The van der Waals surface area contributed by atoms with E-state index in [0.29, 0.717) is 10.2 Å². The highest BCUT2D eigenvalue weighted by Crippen LogP contribution is 2.27. The van der Waals surface area contributed by atoms with Gasteiger partial charge in [-0.2, -0.15) is 0 Å². The number of aliphatic imine (C=N–C) groups is 1. The Morgan fingerprint density at radius 1 is 1.17 bits per heavy atom. The quantitative estimate of drug-likeness (QED) is 0.656. The summed E-state index contributed by atoms with van der Waals surface area (Å²) >= 11 is 7.38. The average Bonchev–Trinajstić information content (AvgIpc) is 3.03. The number of nitrogens with one attached hydrogen (secondary N) is 1. The van der Waals surface area contributed by atoms with Crippen LogP contribution < -0.4 is 5.32 Å². The van der Waals surface area contributed by atoms with Gasteiger partial charge in [0.1, 0.15) is 0 Å². The first-order valence-electron chi connectivity index (χ1n) is 7.23. The minimum absolute atomic E-state index is 0.0890. The zero-order chi connectivity index (χ0) is 16.9. The fourth-order valence-corrected chi connectivity index (χ4v) is 2.86. The van der Waals surface area contributed by atoms with Crippen molar-refractivity contribution in [1.29, 1.82) is 0 Å². The van der Waals surface area contributed by atoms with E-state index in [1.54, 1.807) is 6.21 Å². The third-order valence-electron chi connectivity index (χ3n) is 3.19. The molecule has 0 saturated heterocycles. The van der Waals surface area contributed by atoms with Gasteiger partial charge in [-0.25, -0.2) is 9.98 Å². The molecule has 4 nitrogen and oxygen atoms in total. The van der Waals surface area contributed by atoms with Gasteiger partial charge in [0.05, 0.1) is 5.69 Å². The maximum Gasteiger partial charge on any atom is 0.221 e. The number of amides is 1. The SMILES string of the molecule is CC(=O)Nc1ccc(C=Nc2nc(-c3ccc(Cl)cc3)cs2)cc1. The molecule has 24 heavy (non-hydrogen) atoms. The van der Waals surface area contributed by atoms with Crippen molar-refractivity contribution < 1.29 is 4.79 Å². The molecule has 0 unspecified atom stereocenters. The van der Waals surface area contributed by atoms with Crippen LogP contribution in [0.5, 0.6) is 0 Å². The predicted molar refractivity (Wildman–Crippen MR) is 101 cm³/mol. The molecule has 120 valence electrons. The van der Waals surface area contributed by atoms with Gasteiger partial charge >= 0.3 is 0 Å². The highest BCUT2D eigenvalue weighted by Gasteiger charge is 2.03. The summed E-state index contributed by atoms with van der Waals surface area (Å²) in [4.78, 5) is 19.9. The van der Waals surface area contributed by atoms with Gasteiger partial charge in [0.15, 0.2) is 0 Å². The molecular weight excluding hydrogens is 342 g/mol. The Kier molecular flexibility index (Phi) is 5.03. The van der Waals surface area contributed by atoms with Crippen molar-refractivity contribution >= 4 is 45.9 Å². The van der Waals surface area contributed by atoms with Crippen molar-refractivity contribution in [1.82, 2.24) is 4.98 Å². The monoisotopic (exact) mass is 355 g/mol. The largest absolute Gasteiger partial charge is 0.326 e. The number of benzene rings is 2. The Bertz CT molecular complexity index is 870. The average molecular weight is 356 g/mol. The summed E-state index contributed by atoms with van der Waals surface area (Å²) in [6.07, 6.45) is 1.75. The molecule has 0 fully saturated rings. The highest BCUT2D eigenvalue weighted by atomic mass is 35.5. The number of aromatic nitrogens is 1. The lowest BCUT2D eigenvalue weighted by Crippen LogP contribution is -2.05. The topological polar surface area (TPSA) is 54.4 Å². The molecule has 0 aliphatic heterocycles. The molecule has 0 aliphatic rings. The van der Waals surface area contributed by atoms with E-state index in [0.717, 1.165) is 22.5 Å². The summed E-state index contributed by atoms with van der Waals surface area (Å²) in [5.41, 5.74) is 3.59. The van der Waals surface area contributed by atoms with Gasteiger partial charge in [0.2, 0.25) is 11.0 Å². The fourth-order valence-electron chi connectivity index (χ4n) is 2.06. The molecule has 2 aromatic carbocycles. The first-order valence-corrected chi connectivity index (χ1v) is 8.49. The molecule has 1 aromatic heterocycles. The van der Waals surface area contributed by atoms with Gasteiger partial charge in [0, 0.05) is 34.8 Å². The maximum absolute atomic E-state index is 11.0. The fraction of sp³-hybridized carbons (Fsp3) is 0.0556. The van der Waals surface area contributed by atoms with Crippen LogP contribution in [0.15, 0.2) is 58.9 Å². The number of carbonyl (C=O) groups excluding carboxylic acids is 1. The second kappa shape index (κ2) is 7.38. The van der Waals surface area contributed by atoms with E-state index < -0.39 is 0 Å². The summed E-state index contributed by atoms with van der Waals surface area (Å²) < 4.78 is 0. The molecule has 0 atom stereocenters. The molecule has 6 heteroatoms. The smallest absolute Gasteiger partial charge is 0.221 e. The Labute approximate surface area is 148 Å². The standard InChI is InChI=1S/C18H14ClN3OS/c1-12(23)21-16-8-2-13(3-9-16)10-20-18-22-17(11-24-18)14-4-6-15(19)7-5-14/h2-11H,1H3,(H,21,23). The van der Waals surface area contributed by atoms with E-state index in [2.05, 4.69) is 15.3 Å². The number of thiazole rings is 1. The van der Waals surface area contributed by atoms with Gasteiger partial charge in [-0.1, -0.05) is 35.9 Å². The summed E-state index contributed by atoms with van der Waals surface area (Å²) in [6.45, 7) is 1.48. The normalized spacial score (nSPS) is 10.9. The highest BCUT2D eigenvalue weighted by molar-refractivity contribution is 7.13. The second-order valence-corrected chi connectivity index (χ2v) is 6.36. The third-order valence-corrected chi connectivity index (χ3v) is 4.19. The van der Waals surface area contributed by atoms with Crippen LogP contribution in [-0.4, -0.2) is 17.1 Å². The molecule has 3 aromatic rings. The zero-order valence-corrected chi connectivity index (χ0v) is 14.4. The van der Waals surface area contributed by atoms with Crippen molar-refractivity contribution in [3.05, 3.63) is 64.5 Å². The molecule has 1 N–H and O–H groups in total. The second-order valence-electron chi connectivity index (χ2n) is 5.08. The van der Waals surface area contributed by atoms with E-state index in [-0.39, 0.29) is 5.91 Å². The van der Waals surface area contributed by atoms with Crippen LogP contribution in [0.2, 0.25) is 5.02 Å². The predicted octanol–water partition coefficient (Wildman–Crippen LogP) is 5.17. The van der Waals surface area contributed by atoms with Crippen LogP contribution in [0.25, 0.3) is 11.3 Å². The van der Waals surface area contributed by atoms with Crippen LogP contribution in [0.1, 0.15) is 12.5 Å². The molecular formula is C18H14ClN3OS. The number of nitrogens with zero attached hydrogens (tertiary/aromatic N) is 2. The molecule has 0 aliphatic carbocycles. The Morgan fingerprint density at radius 2 is 1.88 bits per heavy atom. The van der Waals surface area contributed by atoms with E-state index in [1.165, 1.54) is 18.3 Å². The van der Waals surface area contributed by atoms with Crippen molar-refractivity contribution in [3.63, 3.8) is 0 Å². The Balaban J connectivity index is 1.71. The van der Waals surface area contributed by atoms with Crippen molar-refractivity contribution in [2.75, 3.05) is 5.32 Å². The van der Waals surface area contributed by atoms with Crippen LogP contribution in [0, 0.1) is 0 Å². The van der Waals surface area contributed by atoms with Crippen molar-refractivity contribution in [3.8, 4) is 11.3 Å². The lowest BCUT2D eigenvalue weighted by Gasteiger charge is -2.01. The van der Waals surface area contributed by atoms with Gasteiger partial charge in [-0.05, 0) is 29.8 Å². The van der Waals surface area contributed by atoms with Crippen LogP contribution in [0.3, 0.4) is 0 Å². The van der Waals surface area contributed by atoms with Crippen LogP contribution in [-0.2, 0) is 4.79 Å². The minimum Gasteiger partial charge on any atom is -0.326 e. The van der Waals surface area contributed by atoms with Crippen LogP contribution in [0.4, 0.5) is 10.8 Å². The summed E-state index contributed by atoms with van der Waals surface area (Å²) in [5.74, 6) is -0.0890. The number of anilines is 1. The Morgan fingerprint density at radius 3 is 2.54 bits per heavy atom. The molecule has 0 bridgehead atoms. The molecule has 0 radical (unpaired) electrons. The van der Waals surface area contributed by atoms with E-state index in [1.807, 2.05) is 53.9 Å². The van der Waals surface area contributed by atoms with Gasteiger partial charge in [0.25, 0.3) is 0 Å². The number of rotatable bonds is 4. The van der Waals surface area contributed by atoms with Gasteiger partial charge in [-0.3, -0.25) is 4.79 Å². The first kappa shape index (κ1) is 16.4. The van der Waals surface area contributed by atoms with Gasteiger partial charge < -0.3 is 5.32 Å². The van der Waals surface area contributed by atoms with E-state index >= 15 is 0 Å². The lowest BCUT2D eigenvalue weighted by molar-refractivity contribution is -0.114.